The number of aliphatic imine (C=N–C) groups is 1. The van der Waals surface area contributed by atoms with Crippen molar-refractivity contribution in [1.82, 2.24) is 20.4 Å². The predicted molar refractivity (Wildman–Crippen MR) is 140 cm³/mol. The number of aliphatic hydroxyl groups is 1. The van der Waals surface area contributed by atoms with E-state index in [2.05, 4.69) is 39.9 Å². The number of carbonyl (C=O) groups excluding carboxylic acids is 1. The molecular formula is C23H37IN6O2. The Morgan fingerprint density at radius 2 is 2.06 bits per heavy atom. The van der Waals surface area contributed by atoms with Gasteiger partial charge in [-0.1, -0.05) is 26.0 Å². The number of benzene rings is 1. The Kier molecular flexibility index (Phi) is 13.6. The molecule has 2 rings (SSSR count). The SMILES string of the molecule is CCNC(=NCc1cccc(NC(=O)Cn2cccn2)c1)NCC(CCO)CC(C)C.I. The Morgan fingerprint density at radius 1 is 1.25 bits per heavy atom. The van der Waals surface area contributed by atoms with E-state index in [0.717, 1.165) is 43.1 Å². The van der Waals surface area contributed by atoms with E-state index < -0.39 is 0 Å². The standard InChI is InChI=1S/C23H36N6O2.HI/c1-4-24-23(26-16-20(9-12-30)13-18(2)3)25-15-19-7-5-8-21(14-19)28-22(31)17-29-11-6-10-27-29;/h5-8,10-11,14,18,20,30H,4,9,12-13,15-17H2,1-3H3,(H,28,31)(H2,24,25,26);1H. The molecule has 32 heavy (non-hydrogen) atoms. The van der Waals surface area contributed by atoms with Crippen molar-refractivity contribution < 1.29 is 9.90 Å². The summed E-state index contributed by atoms with van der Waals surface area (Å²) in [5, 5.41) is 22.9. The molecule has 0 fully saturated rings. The fourth-order valence-electron chi connectivity index (χ4n) is 3.39. The molecule has 178 valence electrons. The van der Waals surface area contributed by atoms with E-state index in [9.17, 15) is 9.90 Å². The molecule has 1 aromatic carbocycles. The average Bonchev–Trinajstić information content (AvgIpc) is 3.22. The molecule has 1 aromatic heterocycles. The minimum absolute atomic E-state index is 0. The molecule has 2 aromatic rings. The number of nitrogens with zero attached hydrogens (tertiary/aromatic N) is 3. The van der Waals surface area contributed by atoms with E-state index in [4.69, 9.17) is 0 Å². The number of anilines is 1. The molecule has 0 aliphatic carbocycles. The molecule has 0 aliphatic rings. The zero-order valence-corrected chi connectivity index (χ0v) is 21.6. The van der Waals surface area contributed by atoms with Crippen LogP contribution in [0.25, 0.3) is 0 Å². The highest BCUT2D eigenvalue weighted by molar-refractivity contribution is 14.0. The van der Waals surface area contributed by atoms with Crippen molar-refractivity contribution >= 4 is 41.5 Å². The van der Waals surface area contributed by atoms with Crippen LogP contribution in [-0.4, -0.2) is 46.5 Å². The quantitative estimate of drug-likeness (QED) is 0.183. The van der Waals surface area contributed by atoms with Crippen LogP contribution in [0, 0.1) is 11.8 Å². The Labute approximate surface area is 208 Å². The van der Waals surface area contributed by atoms with Crippen LogP contribution in [0.3, 0.4) is 0 Å². The van der Waals surface area contributed by atoms with Gasteiger partial charge in [-0.05, 0) is 55.4 Å². The molecule has 4 N–H and O–H groups in total. The highest BCUT2D eigenvalue weighted by Gasteiger charge is 2.11. The van der Waals surface area contributed by atoms with Gasteiger partial charge in [0.25, 0.3) is 0 Å². The van der Waals surface area contributed by atoms with Crippen LogP contribution in [-0.2, 0) is 17.9 Å². The summed E-state index contributed by atoms with van der Waals surface area (Å²) < 4.78 is 1.58. The molecule has 0 saturated heterocycles. The maximum atomic E-state index is 12.2. The first kappa shape index (κ1) is 27.9. The maximum Gasteiger partial charge on any atom is 0.246 e. The van der Waals surface area contributed by atoms with E-state index in [1.807, 2.05) is 31.2 Å². The number of carbonyl (C=O) groups is 1. The molecule has 0 bridgehead atoms. The Morgan fingerprint density at radius 3 is 2.72 bits per heavy atom. The fourth-order valence-corrected chi connectivity index (χ4v) is 3.39. The number of rotatable bonds is 12. The minimum Gasteiger partial charge on any atom is -0.396 e. The maximum absolute atomic E-state index is 12.2. The van der Waals surface area contributed by atoms with Crippen LogP contribution >= 0.6 is 24.0 Å². The molecule has 1 unspecified atom stereocenters. The number of amides is 1. The number of aliphatic hydroxyl groups excluding tert-OH is 1. The van der Waals surface area contributed by atoms with Crippen LogP contribution in [0.5, 0.6) is 0 Å². The van der Waals surface area contributed by atoms with Crippen molar-refractivity contribution in [2.24, 2.45) is 16.8 Å². The van der Waals surface area contributed by atoms with Gasteiger partial charge < -0.3 is 21.1 Å². The topological polar surface area (TPSA) is 104 Å². The molecule has 0 saturated carbocycles. The van der Waals surface area contributed by atoms with Crippen molar-refractivity contribution in [2.75, 3.05) is 25.0 Å². The van der Waals surface area contributed by atoms with Gasteiger partial charge in [0, 0.05) is 37.8 Å². The largest absolute Gasteiger partial charge is 0.396 e. The van der Waals surface area contributed by atoms with Gasteiger partial charge in [0.2, 0.25) is 5.91 Å². The lowest BCUT2D eigenvalue weighted by molar-refractivity contribution is -0.116. The highest BCUT2D eigenvalue weighted by Crippen LogP contribution is 2.14. The minimum atomic E-state index is -0.126. The molecule has 1 heterocycles. The lowest BCUT2D eigenvalue weighted by Gasteiger charge is -2.20. The number of halogens is 1. The van der Waals surface area contributed by atoms with Crippen LogP contribution in [0.4, 0.5) is 5.69 Å². The van der Waals surface area contributed by atoms with E-state index in [-0.39, 0.29) is 43.0 Å². The molecule has 0 spiro atoms. The summed E-state index contributed by atoms with van der Waals surface area (Å²) in [6.45, 7) is 8.84. The molecule has 9 heteroatoms. The summed E-state index contributed by atoms with van der Waals surface area (Å²) in [5.41, 5.74) is 1.74. The lowest BCUT2D eigenvalue weighted by Crippen LogP contribution is -2.40. The van der Waals surface area contributed by atoms with Gasteiger partial charge in [0.15, 0.2) is 5.96 Å². The van der Waals surface area contributed by atoms with Crippen molar-refractivity contribution in [2.45, 2.75) is 46.7 Å². The Balaban J connectivity index is 0.00000512. The summed E-state index contributed by atoms with van der Waals surface area (Å²) in [5.74, 6) is 1.62. The molecule has 1 amide bonds. The zero-order chi connectivity index (χ0) is 22.5. The Hall–Kier alpha value is -2.14. The average molecular weight is 556 g/mol. The second-order valence-corrected chi connectivity index (χ2v) is 8.04. The van der Waals surface area contributed by atoms with Gasteiger partial charge in [0.05, 0.1) is 6.54 Å². The molecular weight excluding hydrogens is 519 g/mol. The van der Waals surface area contributed by atoms with Gasteiger partial charge in [-0.2, -0.15) is 5.10 Å². The van der Waals surface area contributed by atoms with Crippen LogP contribution in [0.15, 0.2) is 47.7 Å². The third kappa shape index (κ3) is 10.9. The van der Waals surface area contributed by atoms with Crippen molar-refractivity contribution in [3.8, 4) is 0 Å². The van der Waals surface area contributed by atoms with E-state index in [1.54, 1.807) is 23.1 Å². The molecule has 8 nitrogen and oxygen atoms in total. The summed E-state index contributed by atoms with van der Waals surface area (Å²) in [6.07, 6.45) is 5.25. The van der Waals surface area contributed by atoms with Crippen molar-refractivity contribution in [3.05, 3.63) is 48.3 Å². The number of nitrogens with one attached hydrogen (secondary N) is 3. The molecule has 1 atom stereocenters. The van der Waals surface area contributed by atoms with Gasteiger partial charge in [-0.25, -0.2) is 4.99 Å². The summed E-state index contributed by atoms with van der Waals surface area (Å²) >= 11 is 0. The van der Waals surface area contributed by atoms with Gasteiger partial charge in [0.1, 0.15) is 6.54 Å². The number of aromatic nitrogens is 2. The molecule has 0 aliphatic heterocycles. The second kappa shape index (κ2) is 15.6. The monoisotopic (exact) mass is 556 g/mol. The fraction of sp³-hybridized carbons (Fsp3) is 0.522. The number of guanidine groups is 1. The van der Waals surface area contributed by atoms with Crippen LogP contribution in [0.1, 0.15) is 39.2 Å². The third-order valence-electron chi connectivity index (χ3n) is 4.74. The van der Waals surface area contributed by atoms with Gasteiger partial charge in [-0.3, -0.25) is 9.48 Å². The number of hydrogen-bond donors (Lipinski definition) is 4. The summed E-state index contributed by atoms with van der Waals surface area (Å²) in [7, 11) is 0. The summed E-state index contributed by atoms with van der Waals surface area (Å²) in [6, 6.07) is 9.49. The van der Waals surface area contributed by atoms with Gasteiger partial charge >= 0.3 is 0 Å². The second-order valence-electron chi connectivity index (χ2n) is 8.04. The van der Waals surface area contributed by atoms with Crippen molar-refractivity contribution in [1.29, 1.82) is 0 Å². The normalized spacial score (nSPS) is 12.2. The third-order valence-corrected chi connectivity index (χ3v) is 4.74. The first-order valence-electron chi connectivity index (χ1n) is 11.0. The van der Waals surface area contributed by atoms with Crippen LogP contribution < -0.4 is 16.0 Å². The number of hydrogen-bond acceptors (Lipinski definition) is 4. The predicted octanol–water partition coefficient (Wildman–Crippen LogP) is 3.24. The lowest BCUT2D eigenvalue weighted by atomic mass is 9.94. The Bertz CT molecular complexity index is 811. The van der Waals surface area contributed by atoms with E-state index in [0.29, 0.717) is 18.4 Å². The molecule has 0 radical (unpaired) electrons. The first-order chi connectivity index (χ1) is 15.0. The van der Waals surface area contributed by atoms with Crippen molar-refractivity contribution in [3.63, 3.8) is 0 Å². The first-order valence-corrected chi connectivity index (χ1v) is 11.0. The highest BCUT2D eigenvalue weighted by atomic mass is 127. The van der Waals surface area contributed by atoms with E-state index >= 15 is 0 Å². The zero-order valence-electron chi connectivity index (χ0n) is 19.3. The van der Waals surface area contributed by atoms with E-state index in [1.165, 1.54) is 0 Å². The van der Waals surface area contributed by atoms with Crippen LogP contribution in [0.2, 0.25) is 0 Å². The smallest absolute Gasteiger partial charge is 0.246 e. The summed E-state index contributed by atoms with van der Waals surface area (Å²) in [4.78, 5) is 16.9. The van der Waals surface area contributed by atoms with Gasteiger partial charge in [-0.15, -0.1) is 24.0 Å².